The van der Waals surface area contributed by atoms with Crippen LogP contribution in [0.2, 0.25) is 0 Å². The number of hydrogen-bond acceptors (Lipinski definition) is 9. The van der Waals surface area contributed by atoms with E-state index in [2.05, 4.69) is 33.7 Å². The van der Waals surface area contributed by atoms with Crippen molar-refractivity contribution >= 4 is 17.0 Å². The Hall–Kier alpha value is -1.85. The van der Waals surface area contributed by atoms with Crippen molar-refractivity contribution in [3.05, 3.63) is 12.7 Å². The molecule has 29 heavy (non-hydrogen) atoms. The molecule has 0 radical (unpaired) electrons. The molecular weight excluding hydrogens is 374 g/mol. The molecule has 0 aliphatic carbocycles. The van der Waals surface area contributed by atoms with Crippen LogP contribution in [0.4, 0.5) is 5.82 Å². The fourth-order valence-electron chi connectivity index (χ4n) is 3.99. The highest BCUT2D eigenvalue weighted by atomic mass is 16.7. The topological polar surface area (TPSA) is 138 Å². The van der Waals surface area contributed by atoms with Crippen LogP contribution in [0.5, 0.6) is 0 Å². The standard InChI is InChI=1S/C19H33N7O3/c1-13(2)8-25(6-5-20)9-14-7-19(10-28-14,29-18(3,4)27)26-12-24-15-16(21)22-11-23-17(15)26/h11-14,27H,5-10,20H2,1-4H3,(H2,21,22,23)/t14-,19-/m0/s1. The Labute approximate surface area is 171 Å². The molecule has 2 aromatic rings. The van der Waals surface area contributed by atoms with Gasteiger partial charge in [-0.3, -0.25) is 9.47 Å². The van der Waals surface area contributed by atoms with E-state index >= 15 is 0 Å². The van der Waals surface area contributed by atoms with Gasteiger partial charge < -0.3 is 26.0 Å². The Balaban J connectivity index is 1.89. The predicted octanol–water partition coefficient (Wildman–Crippen LogP) is 0.512. The summed E-state index contributed by atoms with van der Waals surface area (Å²) < 4.78 is 14.1. The van der Waals surface area contributed by atoms with Crippen molar-refractivity contribution in [2.45, 2.75) is 51.7 Å². The Bertz CT molecular complexity index is 820. The van der Waals surface area contributed by atoms with Gasteiger partial charge in [0.2, 0.25) is 0 Å². The van der Waals surface area contributed by atoms with Crippen LogP contribution < -0.4 is 11.5 Å². The van der Waals surface area contributed by atoms with Gasteiger partial charge in [0.05, 0.1) is 19.0 Å². The van der Waals surface area contributed by atoms with Crippen molar-refractivity contribution in [3.8, 4) is 0 Å². The molecule has 10 heteroatoms. The second kappa shape index (κ2) is 8.49. The molecular formula is C19H33N7O3. The first-order valence-electron chi connectivity index (χ1n) is 10.0. The van der Waals surface area contributed by atoms with Gasteiger partial charge in [0.1, 0.15) is 11.8 Å². The second-order valence-electron chi connectivity index (χ2n) is 8.62. The largest absolute Gasteiger partial charge is 0.382 e. The number of nitrogens with zero attached hydrogens (tertiary/aromatic N) is 5. The van der Waals surface area contributed by atoms with Crippen LogP contribution in [0.15, 0.2) is 12.7 Å². The molecule has 0 aromatic carbocycles. The molecule has 0 amide bonds. The number of ether oxygens (including phenoxy) is 2. The third-order valence-electron chi connectivity index (χ3n) is 4.86. The molecule has 2 atom stereocenters. The monoisotopic (exact) mass is 407 g/mol. The summed E-state index contributed by atoms with van der Waals surface area (Å²) in [7, 11) is 0. The maximum atomic E-state index is 10.4. The molecule has 1 saturated heterocycles. The molecule has 1 aliphatic heterocycles. The van der Waals surface area contributed by atoms with Gasteiger partial charge in [0.15, 0.2) is 23.0 Å². The SMILES string of the molecule is CC(C)CN(CCN)C[C@@H]1C[C@@](OC(C)(C)O)(n2cnc3c(N)ncnc32)CO1. The smallest absolute Gasteiger partial charge is 0.176 e. The average Bonchev–Trinajstić information content (AvgIpc) is 3.19. The summed E-state index contributed by atoms with van der Waals surface area (Å²) in [6.07, 6.45) is 3.47. The first-order valence-corrected chi connectivity index (χ1v) is 10.0. The molecule has 0 saturated carbocycles. The molecule has 0 spiro atoms. The summed E-state index contributed by atoms with van der Waals surface area (Å²) in [6, 6.07) is 0. The number of aromatic nitrogens is 4. The van der Waals surface area contributed by atoms with Crippen LogP contribution >= 0.6 is 0 Å². The van der Waals surface area contributed by atoms with Crippen LogP contribution in [0, 0.1) is 5.92 Å². The van der Waals surface area contributed by atoms with Crippen molar-refractivity contribution in [1.29, 1.82) is 0 Å². The van der Waals surface area contributed by atoms with Crippen molar-refractivity contribution in [2.75, 3.05) is 38.5 Å². The number of nitrogens with two attached hydrogens (primary N) is 2. The Morgan fingerprint density at radius 1 is 1.41 bits per heavy atom. The van der Waals surface area contributed by atoms with E-state index in [4.69, 9.17) is 20.9 Å². The minimum absolute atomic E-state index is 0.0840. The van der Waals surface area contributed by atoms with Gasteiger partial charge in [0.25, 0.3) is 0 Å². The zero-order valence-electron chi connectivity index (χ0n) is 17.7. The van der Waals surface area contributed by atoms with Crippen molar-refractivity contribution in [3.63, 3.8) is 0 Å². The summed E-state index contributed by atoms with van der Waals surface area (Å²) >= 11 is 0. The lowest BCUT2D eigenvalue weighted by Gasteiger charge is -2.35. The molecule has 5 N–H and O–H groups in total. The first-order chi connectivity index (χ1) is 13.6. The van der Waals surface area contributed by atoms with Gasteiger partial charge in [-0.15, -0.1) is 0 Å². The van der Waals surface area contributed by atoms with Gasteiger partial charge >= 0.3 is 0 Å². The van der Waals surface area contributed by atoms with E-state index in [0.29, 0.717) is 35.9 Å². The number of nitrogen functional groups attached to an aromatic ring is 1. The lowest BCUT2D eigenvalue weighted by molar-refractivity contribution is -0.273. The van der Waals surface area contributed by atoms with Crippen LogP contribution in [0.3, 0.4) is 0 Å². The predicted molar refractivity (Wildman–Crippen MR) is 110 cm³/mol. The minimum atomic E-state index is -1.37. The van der Waals surface area contributed by atoms with Gasteiger partial charge in [0, 0.05) is 32.6 Å². The highest BCUT2D eigenvalue weighted by molar-refractivity contribution is 5.81. The van der Waals surface area contributed by atoms with Crippen LogP contribution in [0.1, 0.15) is 34.1 Å². The van der Waals surface area contributed by atoms with E-state index in [0.717, 1.165) is 19.6 Å². The third-order valence-corrected chi connectivity index (χ3v) is 4.86. The van der Waals surface area contributed by atoms with Crippen molar-refractivity contribution in [2.24, 2.45) is 11.7 Å². The summed E-state index contributed by atoms with van der Waals surface area (Å²) in [5.74, 6) is -0.547. The van der Waals surface area contributed by atoms with Gasteiger partial charge in [-0.05, 0) is 19.8 Å². The first kappa shape index (κ1) is 21.8. The van der Waals surface area contributed by atoms with E-state index in [1.165, 1.54) is 6.33 Å². The zero-order valence-corrected chi connectivity index (χ0v) is 17.7. The number of anilines is 1. The molecule has 3 rings (SSSR count). The third kappa shape index (κ3) is 5.01. The quantitative estimate of drug-likeness (QED) is 0.508. The fraction of sp³-hybridized carbons (Fsp3) is 0.737. The second-order valence-corrected chi connectivity index (χ2v) is 8.62. The molecule has 2 aromatic heterocycles. The number of fused-ring (bicyclic) bond motifs is 1. The Kier molecular flexibility index (Phi) is 6.39. The van der Waals surface area contributed by atoms with Gasteiger partial charge in [-0.25, -0.2) is 15.0 Å². The van der Waals surface area contributed by atoms with E-state index < -0.39 is 11.5 Å². The molecule has 3 heterocycles. The summed E-state index contributed by atoms with van der Waals surface area (Å²) in [5.41, 5.74) is 11.8. The van der Waals surface area contributed by atoms with Gasteiger partial charge in [-0.2, -0.15) is 0 Å². The molecule has 10 nitrogen and oxygen atoms in total. The number of rotatable bonds is 9. The Morgan fingerprint density at radius 3 is 2.83 bits per heavy atom. The van der Waals surface area contributed by atoms with Crippen molar-refractivity contribution < 1.29 is 14.6 Å². The molecule has 162 valence electrons. The van der Waals surface area contributed by atoms with E-state index in [1.807, 2.05) is 0 Å². The number of hydrogen-bond donors (Lipinski definition) is 3. The van der Waals surface area contributed by atoms with E-state index in [1.54, 1.807) is 24.7 Å². The highest BCUT2D eigenvalue weighted by Crippen LogP contribution is 2.38. The summed E-state index contributed by atoms with van der Waals surface area (Å²) in [4.78, 5) is 15.0. The highest BCUT2D eigenvalue weighted by Gasteiger charge is 2.47. The molecule has 1 aliphatic rings. The van der Waals surface area contributed by atoms with E-state index in [9.17, 15) is 5.11 Å². The van der Waals surface area contributed by atoms with Crippen LogP contribution in [0.25, 0.3) is 11.2 Å². The Morgan fingerprint density at radius 2 is 2.17 bits per heavy atom. The molecule has 1 fully saturated rings. The number of aliphatic hydroxyl groups is 1. The van der Waals surface area contributed by atoms with Crippen LogP contribution in [-0.2, 0) is 15.2 Å². The average molecular weight is 408 g/mol. The van der Waals surface area contributed by atoms with E-state index in [-0.39, 0.29) is 12.7 Å². The van der Waals surface area contributed by atoms with Crippen molar-refractivity contribution in [1.82, 2.24) is 24.4 Å². The van der Waals surface area contributed by atoms with Gasteiger partial charge in [-0.1, -0.05) is 13.8 Å². The molecule has 0 unspecified atom stereocenters. The molecule has 0 bridgehead atoms. The summed E-state index contributed by atoms with van der Waals surface area (Å²) in [5, 5.41) is 10.4. The lowest BCUT2D eigenvalue weighted by atomic mass is 10.1. The number of imidazole rings is 1. The normalized spacial score (nSPS) is 23.0. The van der Waals surface area contributed by atoms with Crippen LogP contribution in [-0.4, -0.2) is 74.2 Å². The maximum absolute atomic E-state index is 10.4. The minimum Gasteiger partial charge on any atom is -0.382 e. The summed E-state index contributed by atoms with van der Waals surface area (Å²) in [6.45, 7) is 10.9. The fourth-order valence-corrected chi connectivity index (χ4v) is 3.99. The zero-order chi connectivity index (χ0) is 21.2. The maximum Gasteiger partial charge on any atom is 0.176 e. The lowest BCUT2D eigenvalue weighted by Crippen LogP contribution is -2.45.